The van der Waals surface area contributed by atoms with E-state index in [1.54, 1.807) is 0 Å². The van der Waals surface area contributed by atoms with Crippen molar-refractivity contribution in [2.45, 2.75) is 69.1 Å². The average Bonchev–Trinajstić information content (AvgIpc) is 3.98. The zero-order valence-corrected chi connectivity index (χ0v) is 35.4. The Kier molecular flexibility index (Phi) is 10.2. The fraction of sp³-hybridized carbons (Fsp3) is 0.186. The van der Waals surface area contributed by atoms with Gasteiger partial charge in [0.1, 0.15) is 0 Å². The lowest BCUT2D eigenvalue weighted by Crippen LogP contribution is -2.24. The summed E-state index contributed by atoms with van der Waals surface area (Å²) in [5.41, 5.74) is 14.9. The molecule has 0 spiro atoms. The highest BCUT2D eigenvalue weighted by Crippen LogP contribution is 2.49. The molecule has 0 amide bonds. The Hall–Kier alpha value is -6.84. The van der Waals surface area contributed by atoms with Gasteiger partial charge in [0.05, 0.1) is 11.0 Å². The zero-order chi connectivity index (χ0) is 41.3. The van der Waals surface area contributed by atoms with Crippen LogP contribution in [0.3, 0.4) is 0 Å². The molecule has 8 aromatic carbocycles. The first-order valence-electron chi connectivity index (χ1n) is 22.8. The maximum atomic E-state index is 2.47. The minimum atomic E-state index is -0.0244. The van der Waals surface area contributed by atoms with E-state index in [4.69, 9.17) is 0 Å². The molecule has 3 nitrogen and oxygen atoms in total. The molecule has 2 saturated carbocycles. The van der Waals surface area contributed by atoms with Crippen molar-refractivity contribution < 1.29 is 0 Å². The molecule has 0 radical (unpaired) electrons. The quantitative estimate of drug-likeness (QED) is 0.136. The maximum absolute atomic E-state index is 2.47. The monoisotopic (exact) mass is 803 g/mol. The summed E-state index contributed by atoms with van der Waals surface area (Å²) in [4.78, 5) is 4.83. The molecule has 3 heteroatoms. The summed E-state index contributed by atoms with van der Waals surface area (Å²) in [6.07, 6.45) is 11.4. The third-order valence-corrected chi connectivity index (χ3v) is 14.0. The second-order valence-corrected chi connectivity index (χ2v) is 17.5. The number of hydrogen-bond acceptors (Lipinski definition) is 2. The molecule has 0 atom stereocenters. The minimum absolute atomic E-state index is 0.0244. The van der Waals surface area contributed by atoms with Crippen LogP contribution in [-0.4, -0.2) is 4.57 Å². The molecule has 0 bridgehead atoms. The number of aromatic nitrogens is 1. The van der Waals surface area contributed by atoms with Crippen LogP contribution >= 0.6 is 0 Å². The molecule has 304 valence electrons. The third kappa shape index (κ3) is 6.96. The molecule has 1 aromatic heterocycles. The lowest BCUT2D eigenvalue weighted by molar-refractivity contribution is 0.443. The first-order chi connectivity index (χ1) is 30.7. The maximum Gasteiger partial charge on any atom is 0.0561 e. The summed E-state index contributed by atoms with van der Waals surface area (Å²) in [5, 5.41) is 2.54. The molecule has 1 heterocycles. The second-order valence-electron chi connectivity index (χ2n) is 17.5. The van der Waals surface area contributed by atoms with Crippen molar-refractivity contribution in [3.63, 3.8) is 0 Å². The van der Waals surface area contributed by atoms with E-state index in [-0.39, 0.29) is 5.41 Å². The highest BCUT2D eigenvalue weighted by Gasteiger charge is 2.37. The summed E-state index contributed by atoms with van der Waals surface area (Å²) in [7, 11) is 0. The molecule has 0 unspecified atom stereocenters. The van der Waals surface area contributed by atoms with E-state index in [2.05, 4.69) is 221 Å². The van der Waals surface area contributed by atoms with Crippen molar-refractivity contribution in [2.24, 2.45) is 0 Å². The number of nitrogens with zero attached hydrogens (tertiary/aromatic N) is 3. The van der Waals surface area contributed by atoms with Gasteiger partial charge >= 0.3 is 0 Å². The summed E-state index contributed by atoms with van der Waals surface area (Å²) >= 11 is 0. The van der Waals surface area contributed by atoms with Gasteiger partial charge in [-0.15, -0.1) is 0 Å². The number of hydrogen-bond donors (Lipinski definition) is 0. The van der Waals surface area contributed by atoms with E-state index in [0.717, 1.165) is 29.9 Å². The molecule has 0 saturated heterocycles. The van der Waals surface area contributed by atoms with Gasteiger partial charge in [-0.25, -0.2) is 0 Å². The fourth-order valence-electron chi connectivity index (χ4n) is 10.9. The topological polar surface area (TPSA) is 11.4 Å². The second kappa shape index (κ2) is 16.6. The van der Waals surface area contributed by atoms with Gasteiger partial charge < -0.3 is 14.4 Å². The van der Waals surface area contributed by atoms with Crippen molar-refractivity contribution in [1.82, 2.24) is 4.57 Å². The van der Waals surface area contributed by atoms with Crippen LogP contribution in [0, 0.1) is 0 Å². The number of para-hydroxylation sites is 4. The van der Waals surface area contributed by atoms with Crippen LogP contribution in [0.4, 0.5) is 34.1 Å². The third-order valence-electron chi connectivity index (χ3n) is 14.0. The van der Waals surface area contributed by atoms with Crippen molar-refractivity contribution in [1.29, 1.82) is 0 Å². The molecule has 11 rings (SSSR count). The summed E-state index contributed by atoms with van der Waals surface area (Å²) in [6.45, 7) is 0. The van der Waals surface area contributed by atoms with Crippen LogP contribution in [0.2, 0.25) is 0 Å². The van der Waals surface area contributed by atoms with Gasteiger partial charge in [0.2, 0.25) is 0 Å². The van der Waals surface area contributed by atoms with Crippen LogP contribution in [-0.2, 0) is 5.41 Å². The Morgan fingerprint density at radius 2 is 0.823 bits per heavy atom. The van der Waals surface area contributed by atoms with Gasteiger partial charge in [-0.1, -0.05) is 147 Å². The Labute approximate surface area is 366 Å². The predicted molar refractivity (Wildman–Crippen MR) is 262 cm³/mol. The van der Waals surface area contributed by atoms with Gasteiger partial charge in [-0.3, -0.25) is 0 Å². The van der Waals surface area contributed by atoms with E-state index < -0.39 is 0 Å². The average molecular weight is 804 g/mol. The number of benzene rings is 8. The Balaban J connectivity index is 0.988. The predicted octanol–water partition coefficient (Wildman–Crippen LogP) is 16.6. The van der Waals surface area contributed by atoms with Gasteiger partial charge in [-0.2, -0.15) is 0 Å². The van der Waals surface area contributed by atoms with E-state index >= 15 is 0 Å². The molecule has 2 aliphatic carbocycles. The van der Waals surface area contributed by atoms with Gasteiger partial charge in [0, 0.05) is 56.0 Å². The van der Waals surface area contributed by atoms with Gasteiger partial charge in [0.25, 0.3) is 0 Å². The lowest BCUT2D eigenvalue weighted by atomic mass is 9.73. The summed E-state index contributed by atoms with van der Waals surface area (Å²) < 4.78 is 2.43. The number of rotatable bonds is 10. The molecule has 62 heavy (non-hydrogen) atoms. The molecule has 0 N–H and O–H groups in total. The Morgan fingerprint density at radius 1 is 0.371 bits per heavy atom. The zero-order valence-electron chi connectivity index (χ0n) is 35.4. The highest BCUT2D eigenvalue weighted by molar-refractivity contribution is 6.10. The number of fused-ring (bicyclic) bond motifs is 3. The van der Waals surface area contributed by atoms with E-state index in [9.17, 15) is 0 Å². The normalized spacial score (nSPS) is 15.2. The SMILES string of the molecule is c1ccc(N(c2ccccc2)c2ccc(C3(c4ccc(N(c5ccc(C6CCCCC6)cc5)c5ccc6c7ccccc7n(-c7ccccc7)c6c5)cc4)CCCC3)cc2)cc1. The van der Waals surface area contributed by atoms with Crippen LogP contribution in [0.5, 0.6) is 0 Å². The summed E-state index contributed by atoms with van der Waals surface area (Å²) in [6, 6.07) is 76.7. The van der Waals surface area contributed by atoms with Crippen LogP contribution in [0.25, 0.3) is 27.5 Å². The van der Waals surface area contributed by atoms with E-state index in [0.29, 0.717) is 5.92 Å². The van der Waals surface area contributed by atoms with Crippen molar-refractivity contribution >= 4 is 55.9 Å². The lowest BCUT2D eigenvalue weighted by Gasteiger charge is -2.33. The number of anilines is 6. The molecule has 2 aliphatic rings. The first kappa shape index (κ1) is 38.1. The standard InChI is InChI=1S/C59H53N3/c1-5-17-44(18-6-1)45-27-33-51(34-28-45)61(54-39-40-56-55-25-13-14-26-57(55)62(58(56)43-54)50-23-11-4-12-24-50)53-37-31-47(32-38-53)59(41-15-16-42-59)46-29-35-52(36-30-46)60(48-19-7-2-8-20-48)49-21-9-3-10-22-49/h2-4,7-14,19-40,43-44H,1,5-6,15-18,41-42H2. The van der Waals surface area contributed by atoms with Crippen molar-refractivity contribution in [3.8, 4) is 5.69 Å². The van der Waals surface area contributed by atoms with Crippen LogP contribution < -0.4 is 9.80 Å². The van der Waals surface area contributed by atoms with Crippen LogP contribution in [0.15, 0.2) is 206 Å². The fourth-order valence-corrected chi connectivity index (χ4v) is 10.9. The Bertz CT molecular complexity index is 2860. The van der Waals surface area contributed by atoms with Crippen molar-refractivity contribution in [2.75, 3.05) is 9.80 Å². The highest BCUT2D eigenvalue weighted by atomic mass is 15.1. The Morgan fingerprint density at radius 3 is 1.40 bits per heavy atom. The van der Waals surface area contributed by atoms with Gasteiger partial charge in [0.15, 0.2) is 0 Å². The van der Waals surface area contributed by atoms with Crippen molar-refractivity contribution in [3.05, 3.63) is 223 Å². The smallest absolute Gasteiger partial charge is 0.0561 e. The molecule has 9 aromatic rings. The molecule has 0 aliphatic heterocycles. The molecular formula is C59H53N3. The minimum Gasteiger partial charge on any atom is -0.311 e. The summed E-state index contributed by atoms with van der Waals surface area (Å²) in [5.74, 6) is 0.667. The first-order valence-corrected chi connectivity index (χ1v) is 22.8. The van der Waals surface area contributed by atoms with E-state index in [1.165, 1.54) is 106 Å². The van der Waals surface area contributed by atoms with Crippen LogP contribution in [0.1, 0.15) is 80.4 Å². The largest absolute Gasteiger partial charge is 0.311 e. The van der Waals surface area contributed by atoms with Gasteiger partial charge in [-0.05, 0) is 139 Å². The van der Waals surface area contributed by atoms with E-state index in [1.807, 2.05) is 0 Å². The molecule has 2 fully saturated rings. The molecular weight excluding hydrogens is 751 g/mol.